The van der Waals surface area contributed by atoms with Gasteiger partial charge in [-0.2, -0.15) is 11.8 Å². The number of guanidine groups is 1. The van der Waals surface area contributed by atoms with E-state index in [9.17, 15) is 0 Å². The number of aliphatic imine (C=N–C) groups is 1. The molecule has 0 saturated carbocycles. The predicted octanol–water partition coefficient (Wildman–Crippen LogP) is 2.86. The molecule has 0 radical (unpaired) electrons. The fraction of sp³-hybridized carbons (Fsp3) is 0.667. The monoisotopic (exact) mass is 390 g/mol. The minimum atomic E-state index is 0.338. The second-order valence-electron chi connectivity index (χ2n) is 7.61. The molecule has 2 saturated heterocycles. The molecule has 0 spiro atoms. The van der Waals surface area contributed by atoms with E-state index in [0.29, 0.717) is 11.3 Å². The Bertz CT molecular complexity index is 610. The maximum absolute atomic E-state index is 5.47. The van der Waals surface area contributed by atoms with Gasteiger partial charge in [0, 0.05) is 37.5 Å². The van der Waals surface area contributed by atoms with Crippen LogP contribution in [0, 0.1) is 0 Å². The molecule has 1 aromatic carbocycles. The van der Waals surface area contributed by atoms with E-state index in [0.717, 1.165) is 51.9 Å². The summed E-state index contributed by atoms with van der Waals surface area (Å²) in [4.78, 5) is 7.34. The van der Waals surface area contributed by atoms with Gasteiger partial charge in [0.1, 0.15) is 0 Å². The Balaban J connectivity index is 1.61. The molecule has 2 aliphatic rings. The van der Waals surface area contributed by atoms with E-state index in [1.165, 1.54) is 29.7 Å². The number of hydrogen-bond acceptors (Lipinski definition) is 4. The van der Waals surface area contributed by atoms with E-state index >= 15 is 0 Å². The predicted molar refractivity (Wildman–Crippen MR) is 115 cm³/mol. The van der Waals surface area contributed by atoms with E-state index in [1.807, 2.05) is 0 Å². The smallest absolute Gasteiger partial charge is 0.191 e. The fourth-order valence-corrected chi connectivity index (χ4v) is 4.86. The van der Waals surface area contributed by atoms with E-state index in [1.54, 1.807) is 0 Å². The van der Waals surface area contributed by atoms with Crippen molar-refractivity contribution in [3.8, 4) is 0 Å². The van der Waals surface area contributed by atoms with E-state index in [-0.39, 0.29) is 0 Å². The van der Waals surface area contributed by atoms with Gasteiger partial charge in [0.2, 0.25) is 0 Å². The summed E-state index contributed by atoms with van der Waals surface area (Å²) in [5.41, 5.74) is 2.68. The van der Waals surface area contributed by atoms with Gasteiger partial charge >= 0.3 is 0 Å². The molecule has 2 N–H and O–H groups in total. The number of rotatable bonds is 7. The quantitative estimate of drug-likeness (QED) is 0.554. The molecule has 0 aliphatic carbocycles. The summed E-state index contributed by atoms with van der Waals surface area (Å²) in [7, 11) is 0. The molecule has 2 aliphatic heterocycles. The van der Waals surface area contributed by atoms with Gasteiger partial charge in [0.15, 0.2) is 5.96 Å². The lowest BCUT2D eigenvalue weighted by atomic mass is 10.1. The average molecular weight is 391 g/mol. The Kier molecular flexibility index (Phi) is 7.85. The van der Waals surface area contributed by atoms with Crippen molar-refractivity contribution in [1.82, 2.24) is 15.5 Å². The molecular formula is C21H34N4OS. The van der Waals surface area contributed by atoms with E-state index in [2.05, 4.69) is 65.4 Å². The van der Waals surface area contributed by atoms with Crippen LogP contribution in [0.15, 0.2) is 29.3 Å². The van der Waals surface area contributed by atoms with Crippen molar-refractivity contribution in [2.45, 2.75) is 44.5 Å². The van der Waals surface area contributed by atoms with Crippen molar-refractivity contribution < 1.29 is 4.74 Å². The van der Waals surface area contributed by atoms with Gasteiger partial charge in [-0.05, 0) is 43.6 Å². The summed E-state index contributed by atoms with van der Waals surface area (Å²) in [6, 6.07) is 8.68. The van der Waals surface area contributed by atoms with Crippen molar-refractivity contribution in [2.24, 2.45) is 4.99 Å². The normalized spacial score (nSPS) is 24.1. The second kappa shape index (κ2) is 10.3. The lowest BCUT2D eigenvalue weighted by Crippen LogP contribution is -2.43. The van der Waals surface area contributed by atoms with Crippen LogP contribution in [0.4, 0.5) is 0 Å². The molecule has 150 valence electrons. The largest absolute Gasteiger partial charge is 0.379 e. The third kappa shape index (κ3) is 6.40. The minimum absolute atomic E-state index is 0.338. The van der Waals surface area contributed by atoms with Crippen LogP contribution in [0.25, 0.3) is 0 Å². The van der Waals surface area contributed by atoms with Crippen LogP contribution in [-0.4, -0.2) is 60.8 Å². The standard InChI is InChI=1S/C21H34N4OS/c1-3-22-20(24-17-21(2)9-6-14-27-21)23-15-18-7-4-5-8-19(18)16-25-10-12-26-13-11-25/h4-5,7-8H,3,6,9-17H2,1-2H3,(H2,22,23,24). The topological polar surface area (TPSA) is 48.9 Å². The van der Waals surface area contributed by atoms with Gasteiger partial charge in [0.25, 0.3) is 0 Å². The van der Waals surface area contributed by atoms with Gasteiger partial charge in [-0.25, -0.2) is 4.99 Å². The first-order valence-corrected chi connectivity index (χ1v) is 11.2. The maximum atomic E-state index is 5.47. The number of nitrogens with zero attached hydrogens (tertiary/aromatic N) is 2. The third-order valence-electron chi connectivity index (χ3n) is 5.30. The van der Waals surface area contributed by atoms with Crippen LogP contribution in [0.3, 0.4) is 0 Å². The highest BCUT2D eigenvalue weighted by Crippen LogP contribution is 2.36. The van der Waals surface area contributed by atoms with Gasteiger partial charge in [0.05, 0.1) is 19.8 Å². The SMILES string of the molecule is CCNC(=NCc1ccccc1CN1CCOCC1)NCC1(C)CCCS1. The van der Waals surface area contributed by atoms with Crippen molar-refractivity contribution in [3.05, 3.63) is 35.4 Å². The molecule has 1 aromatic rings. The Morgan fingerprint density at radius 1 is 1.22 bits per heavy atom. The van der Waals surface area contributed by atoms with Gasteiger partial charge in [-0.1, -0.05) is 24.3 Å². The average Bonchev–Trinajstić information content (AvgIpc) is 3.13. The molecule has 3 rings (SSSR count). The van der Waals surface area contributed by atoms with Crippen LogP contribution in [-0.2, 0) is 17.8 Å². The Morgan fingerprint density at radius 3 is 2.70 bits per heavy atom. The third-order valence-corrected chi connectivity index (χ3v) is 6.84. The van der Waals surface area contributed by atoms with Crippen LogP contribution in [0.1, 0.15) is 37.8 Å². The second-order valence-corrected chi connectivity index (χ2v) is 9.29. The lowest BCUT2D eigenvalue weighted by Gasteiger charge is -2.27. The number of morpholine rings is 1. The van der Waals surface area contributed by atoms with Crippen molar-refractivity contribution >= 4 is 17.7 Å². The molecule has 2 fully saturated rings. The Morgan fingerprint density at radius 2 is 2.00 bits per heavy atom. The first-order chi connectivity index (χ1) is 13.2. The highest BCUT2D eigenvalue weighted by molar-refractivity contribution is 8.00. The van der Waals surface area contributed by atoms with Crippen LogP contribution in [0.5, 0.6) is 0 Å². The number of benzene rings is 1. The molecule has 0 aromatic heterocycles. The Hall–Kier alpha value is -1.24. The summed E-state index contributed by atoms with van der Waals surface area (Å²) in [5.74, 6) is 2.20. The van der Waals surface area contributed by atoms with E-state index < -0.39 is 0 Å². The fourth-order valence-electron chi connectivity index (χ4n) is 3.62. The summed E-state index contributed by atoms with van der Waals surface area (Å²) >= 11 is 2.08. The molecule has 0 amide bonds. The number of thioether (sulfide) groups is 1. The van der Waals surface area contributed by atoms with Crippen LogP contribution in [0.2, 0.25) is 0 Å². The van der Waals surface area contributed by atoms with Crippen molar-refractivity contribution in [3.63, 3.8) is 0 Å². The number of nitrogens with one attached hydrogen (secondary N) is 2. The first-order valence-electron chi connectivity index (χ1n) is 10.2. The lowest BCUT2D eigenvalue weighted by molar-refractivity contribution is 0.0341. The highest BCUT2D eigenvalue weighted by Gasteiger charge is 2.29. The molecule has 1 atom stereocenters. The summed E-state index contributed by atoms with van der Waals surface area (Å²) in [5, 5.41) is 6.96. The van der Waals surface area contributed by atoms with Crippen molar-refractivity contribution in [2.75, 3.05) is 45.1 Å². The van der Waals surface area contributed by atoms with Gasteiger partial charge < -0.3 is 15.4 Å². The summed E-state index contributed by atoms with van der Waals surface area (Å²) in [6.45, 7) is 11.7. The van der Waals surface area contributed by atoms with Gasteiger partial charge in [-0.15, -0.1) is 0 Å². The van der Waals surface area contributed by atoms with Gasteiger partial charge in [-0.3, -0.25) is 4.90 Å². The zero-order valence-electron chi connectivity index (χ0n) is 16.8. The molecular weight excluding hydrogens is 356 g/mol. The molecule has 1 unspecified atom stereocenters. The van der Waals surface area contributed by atoms with E-state index in [4.69, 9.17) is 9.73 Å². The maximum Gasteiger partial charge on any atom is 0.191 e. The number of ether oxygens (including phenoxy) is 1. The molecule has 0 bridgehead atoms. The van der Waals surface area contributed by atoms with Crippen LogP contribution < -0.4 is 10.6 Å². The Labute approximate surface area is 168 Å². The highest BCUT2D eigenvalue weighted by atomic mass is 32.2. The first kappa shape index (κ1) is 20.5. The van der Waals surface area contributed by atoms with Crippen LogP contribution >= 0.6 is 11.8 Å². The number of hydrogen-bond donors (Lipinski definition) is 2. The zero-order chi connectivity index (χ0) is 19.0. The minimum Gasteiger partial charge on any atom is -0.379 e. The molecule has 2 heterocycles. The molecule has 6 heteroatoms. The molecule has 5 nitrogen and oxygen atoms in total. The summed E-state index contributed by atoms with van der Waals surface area (Å²) < 4.78 is 5.81. The molecule has 27 heavy (non-hydrogen) atoms. The summed E-state index contributed by atoms with van der Waals surface area (Å²) in [6.07, 6.45) is 2.61. The zero-order valence-corrected chi connectivity index (χ0v) is 17.6. The van der Waals surface area contributed by atoms with Crippen molar-refractivity contribution in [1.29, 1.82) is 0 Å².